The minimum absolute atomic E-state index is 0.168. The van der Waals surface area contributed by atoms with Crippen molar-refractivity contribution in [1.82, 2.24) is 4.98 Å². The molecule has 0 radical (unpaired) electrons. The molecule has 0 saturated heterocycles. The maximum atomic E-state index is 13.0. The smallest absolute Gasteiger partial charge is 0.241 e. The minimum atomic E-state index is -4.07. The second-order valence-electron chi connectivity index (χ2n) is 1.85. The Kier molecular flexibility index (Phi) is 2.89. The van der Waals surface area contributed by atoms with Gasteiger partial charge in [0.2, 0.25) is 5.03 Å². The van der Waals surface area contributed by atoms with Crippen molar-refractivity contribution in [2.45, 2.75) is 5.03 Å². The third-order valence-corrected chi connectivity index (χ3v) is 3.06. The average Bonchev–Trinajstić information content (AvgIpc) is 1.92. The second-order valence-corrected chi connectivity index (χ2v) is 5.49. The first-order valence-electron chi connectivity index (χ1n) is 2.67. The normalized spacial score (nSPS) is 11.6. The predicted molar refractivity (Wildman–Crippen MR) is 50.0 cm³/mol. The van der Waals surface area contributed by atoms with E-state index in [9.17, 15) is 12.8 Å². The zero-order chi connectivity index (χ0) is 9.35. The molecule has 7 heteroatoms. The predicted octanol–water partition coefficient (Wildman–Crippen LogP) is 1.75. The van der Waals surface area contributed by atoms with E-state index < -0.39 is 19.9 Å². The van der Waals surface area contributed by atoms with Gasteiger partial charge in [-0.2, -0.15) is 0 Å². The van der Waals surface area contributed by atoms with Crippen LogP contribution in [0.25, 0.3) is 0 Å². The Labute approximate surface area is 86.5 Å². The summed E-state index contributed by atoms with van der Waals surface area (Å²) in [6, 6.07) is 1.35. The Morgan fingerprint density at radius 3 is 2.58 bits per heavy atom. The van der Waals surface area contributed by atoms with Gasteiger partial charge in [0.15, 0.2) is 5.82 Å². The van der Waals surface area contributed by atoms with Crippen LogP contribution in [0, 0.1) is 9.39 Å². The van der Waals surface area contributed by atoms with Crippen LogP contribution in [-0.2, 0) is 9.05 Å². The molecule has 0 aromatic carbocycles. The van der Waals surface area contributed by atoms with Gasteiger partial charge in [-0.15, -0.1) is 0 Å². The fourth-order valence-corrected chi connectivity index (χ4v) is 2.01. The summed E-state index contributed by atoms with van der Waals surface area (Å²) >= 11 is 1.65. The molecule has 1 rings (SSSR count). The van der Waals surface area contributed by atoms with E-state index in [1.165, 1.54) is 12.3 Å². The van der Waals surface area contributed by atoms with E-state index in [1.54, 1.807) is 22.6 Å². The van der Waals surface area contributed by atoms with Crippen molar-refractivity contribution in [3.05, 3.63) is 21.7 Å². The summed E-state index contributed by atoms with van der Waals surface area (Å²) in [5.41, 5.74) is 0. The molecule has 1 aromatic rings. The summed E-state index contributed by atoms with van der Waals surface area (Å²) in [4.78, 5) is 3.31. The van der Waals surface area contributed by atoms with Gasteiger partial charge in [-0.3, -0.25) is 0 Å². The van der Waals surface area contributed by atoms with Crippen LogP contribution in [0.5, 0.6) is 0 Å². The van der Waals surface area contributed by atoms with Crippen LogP contribution in [0.3, 0.4) is 0 Å². The van der Waals surface area contributed by atoms with E-state index in [-0.39, 0.29) is 3.57 Å². The van der Waals surface area contributed by atoms with Gasteiger partial charge in [0.25, 0.3) is 9.05 Å². The van der Waals surface area contributed by atoms with Crippen molar-refractivity contribution in [3.63, 3.8) is 0 Å². The van der Waals surface area contributed by atoms with Gasteiger partial charge in [-0.1, -0.05) is 0 Å². The number of aromatic nitrogens is 1. The number of halogens is 3. The molecule has 0 saturated carbocycles. The molecule has 0 aliphatic heterocycles. The third-order valence-electron chi connectivity index (χ3n) is 1.04. The van der Waals surface area contributed by atoms with Gasteiger partial charge >= 0.3 is 0 Å². The maximum absolute atomic E-state index is 13.0. The van der Waals surface area contributed by atoms with Crippen LogP contribution < -0.4 is 0 Å². The Morgan fingerprint density at radius 1 is 1.58 bits per heavy atom. The van der Waals surface area contributed by atoms with E-state index in [2.05, 4.69) is 4.98 Å². The van der Waals surface area contributed by atoms with Gasteiger partial charge in [0.1, 0.15) is 0 Å². The average molecular weight is 321 g/mol. The standard InChI is InChI=1S/C5H2ClFINO2S/c6-12(10,11)5-4(7)3(8)1-2-9-5/h1-2H. The fourth-order valence-electron chi connectivity index (χ4n) is 0.572. The van der Waals surface area contributed by atoms with E-state index in [0.717, 1.165) is 0 Å². The molecule has 12 heavy (non-hydrogen) atoms. The molecule has 0 bridgehead atoms. The first-order valence-corrected chi connectivity index (χ1v) is 6.06. The first kappa shape index (κ1) is 10.1. The van der Waals surface area contributed by atoms with Crippen molar-refractivity contribution < 1.29 is 12.8 Å². The van der Waals surface area contributed by atoms with Crippen molar-refractivity contribution in [2.75, 3.05) is 0 Å². The largest absolute Gasteiger partial charge is 0.281 e. The highest BCUT2D eigenvalue weighted by molar-refractivity contribution is 14.1. The van der Waals surface area contributed by atoms with Crippen molar-refractivity contribution in [1.29, 1.82) is 0 Å². The SMILES string of the molecule is O=S(=O)(Cl)c1nccc(I)c1F. The van der Waals surface area contributed by atoms with Gasteiger partial charge < -0.3 is 0 Å². The molecule has 0 unspecified atom stereocenters. The van der Waals surface area contributed by atoms with Crippen molar-refractivity contribution >= 4 is 42.3 Å². The molecule has 3 nitrogen and oxygen atoms in total. The van der Waals surface area contributed by atoms with E-state index in [4.69, 9.17) is 10.7 Å². The Bertz CT molecular complexity index is 408. The summed E-state index contributed by atoms with van der Waals surface area (Å²) in [5.74, 6) is -0.909. The van der Waals surface area contributed by atoms with E-state index in [1.807, 2.05) is 0 Å². The number of nitrogens with zero attached hydrogens (tertiary/aromatic N) is 1. The molecule has 0 atom stereocenters. The number of hydrogen-bond donors (Lipinski definition) is 0. The second kappa shape index (κ2) is 3.43. The Balaban J connectivity index is 3.47. The fraction of sp³-hybridized carbons (Fsp3) is 0. The molecule has 0 fully saturated rings. The van der Waals surface area contributed by atoms with Crippen LogP contribution in [0.15, 0.2) is 17.3 Å². The lowest BCUT2D eigenvalue weighted by Crippen LogP contribution is -2.00. The first-order chi connectivity index (χ1) is 5.43. The Hall–Kier alpha value is 0.0500. The topological polar surface area (TPSA) is 47.0 Å². The van der Waals surface area contributed by atoms with Gasteiger partial charge in [0.05, 0.1) is 3.57 Å². The lowest BCUT2D eigenvalue weighted by atomic mass is 10.5. The molecular formula is C5H2ClFINO2S. The zero-order valence-corrected chi connectivity index (χ0v) is 9.19. The lowest BCUT2D eigenvalue weighted by Gasteiger charge is -1.97. The molecule has 66 valence electrons. The lowest BCUT2D eigenvalue weighted by molar-refractivity contribution is 0.556. The summed E-state index contributed by atoms with van der Waals surface area (Å²) < 4.78 is 34.5. The monoisotopic (exact) mass is 321 g/mol. The van der Waals surface area contributed by atoms with Crippen LogP contribution in [0.2, 0.25) is 0 Å². The van der Waals surface area contributed by atoms with Crippen LogP contribution in [-0.4, -0.2) is 13.4 Å². The van der Waals surface area contributed by atoms with Crippen LogP contribution in [0.4, 0.5) is 4.39 Å². The van der Waals surface area contributed by atoms with E-state index >= 15 is 0 Å². The van der Waals surface area contributed by atoms with Crippen molar-refractivity contribution in [2.24, 2.45) is 0 Å². The molecule has 0 spiro atoms. The molecule has 1 aromatic heterocycles. The number of hydrogen-bond acceptors (Lipinski definition) is 3. The molecule has 0 N–H and O–H groups in total. The minimum Gasteiger partial charge on any atom is -0.241 e. The van der Waals surface area contributed by atoms with Gasteiger partial charge in [0, 0.05) is 16.9 Å². The molecule has 0 aliphatic carbocycles. The zero-order valence-electron chi connectivity index (χ0n) is 5.46. The number of pyridine rings is 1. The highest BCUT2D eigenvalue weighted by atomic mass is 127. The summed E-state index contributed by atoms with van der Waals surface area (Å²) in [7, 11) is 0.828. The molecule has 0 amide bonds. The van der Waals surface area contributed by atoms with Gasteiger partial charge in [-0.25, -0.2) is 17.8 Å². The summed E-state index contributed by atoms with van der Waals surface area (Å²) in [5, 5.41) is -0.726. The summed E-state index contributed by atoms with van der Waals surface area (Å²) in [6.45, 7) is 0. The third kappa shape index (κ3) is 2.05. The van der Waals surface area contributed by atoms with E-state index in [0.29, 0.717) is 0 Å². The molecule has 0 aliphatic rings. The van der Waals surface area contributed by atoms with Gasteiger partial charge in [-0.05, 0) is 28.7 Å². The number of rotatable bonds is 1. The summed E-state index contributed by atoms with van der Waals surface area (Å²) in [6.07, 6.45) is 1.18. The molecule has 1 heterocycles. The van der Waals surface area contributed by atoms with Crippen LogP contribution in [0.1, 0.15) is 0 Å². The highest BCUT2D eigenvalue weighted by Gasteiger charge is 2.19. The van der Waals surface area contributed by atoms with Crippen molar-refractivity contribution in [3.8, 4) is 0 Å². The Morgan fingerprint density at radius 2 is 2.17 bits per heavy atom. The maximum Gasteiger partial charge on any atom is 0.281 e. The quantitative estimate of drug-likeness (QED) is 0.585. The molecular weight excluding hydrogens is 319 g/mol. The highest BCUT2D eigenvalue weighted by Crippen LogP contribution is 2.19. The van der Waals surface area contributed by atoms with Crippen LogP contribution >= 0.6 is 33.3 Å².